The van der Waals surface area contributed by atoms with Crippen molar-refractivity contribution in [1.29, 1.82) is 0 Å². The van der Waals surface area contributed by atoms with Crippen LogP contribution in [-0.2, 0) is 6.61 Å². The Labute approximate surface area is 119 Å². The zero-order valence-electron chi connectivity index (χ0n) is 10.3. The summed E-state index contributed by atoms with van der Waals surface area (Å²) in [6.45, 7) is 4.29. The minimum atomic E-state index is -0.518. The lowest BCUT2D eigenvalue weighted by molar-refractivity contribution is 0.190. The molecule has 96 valence electrons. The molecule has 18 heavy (non-hydrogen) atoms. The molecule has 2 nitrogen and oxygen atoms in total. The number of ether oxygens (including phenoxy) is 1. The van der Waals surface area contributed by atoms with Gasteiger partial charge in [0.25, 0.3) is 0 Å². The van der Waals surface area contributed by atoms with Gasteiger partial charge in [-0.25, -0.2) is 0 Å². The van der Waals surface area contributed by atoms with E-state index in [-0.39, 0.29) is 0 Å². The Bertz CT molecular complexity index is 534. The van der Waals surface area contributed by atoms with E-state index >= 15 is 0 Å². The number of halogens is 1. The van der Waals surface area contributed by atoms with Gasteiger partial charge in [0, 0.05) is 20.3 Å². The zero-order chi connectivity index (χ0) is 13.1. The Hall–Kier alpha value is -0.840. The second-order valence-corrected chi connectivity index (χ2v) is 6.15. The lowest BCUT2D eigenvalue weighted by Crippen LogP contribution is -2.00. The van der Waals surface area contributed by atoms with Gasteiger partial charge in [-0.3, -0.25) is 0 Å². The third kappa shape index (κ3) is 3.34. The van der Waals surface area contributed by atoms with E-state index in [1.54, 1.807) is 18.3 Å². The quantitative estimate of drug-likeness (QED) is 0.899. The summed E-state index contributed by atoms with van der Waals surface area (Å²) in [5.41, 5.74) is 1.96. The normalized spacial score (nSPS) is 12.4. The highest BCUT2D eigenvalue weighted by Crippen LogP contribution is 2.28. The monoisotopic (exact) mass is 326 g/mol. The second kappa shape index (κ2) is 5.87. The van der Waals surface area contributed by atoms with E-state index in [2.05, 4.69) is 15.9 Å². The molecule has 0 unspecified atom stereocenters. The molecule has 2 rings (SSSR count). The number of aliphatic hydroxyl groups excluding tert-OH is 1. The molecule has 2 aromatic rings. The maximum Gasteiger partial charge on any atom is 0.125 e. The molecule has 0 aliphatic heterocycles. The van der Waals surface area contributed by atoms with Crippen LogP contribution in [0.25, 0.3) is 0 Å². The Morgan fingerprint density at radius 1 is 1.39 bits per heavy atom. The molecule has 1 aromatic carbocycles. The van der Waals surface area contributed by atoms with Crippen LogP contribution in [0.5, 0.6) is 5.75 Å². The fourth-order valence-electron chi connectivity index (χ4n) is 1.69. The second-order valence-electron chi connectivity index (χ2n) is 4.24. The molecule has 4 heteroatoms. The van der Waals surface area contributed by atoms with Crippen molar-refractivity contribution in [1.82, 2.24) is 0 Å². The standard InChI is InChI=1S/C14H15BrO2S/c1-9-3-4-13(10(2)16)14(5-9)17-7-12-6-11(15)8-18-12/h3-6,8,10,16H,7H2,1-2H3/t10-/m0/s1. The molecule has 0 aliphatic rings. The molecular weight excluding hydrogens is 312 g/mol. The summed E-state index contributed by atoms with van der Waals surface area (Å²) in [5.74, 6) is 0.759. The molecule has 0 saturated heterocycles. The largest absolute Gasteiger partial charge is 0.488 e. The number of rotatable bonds is 4. The maximum absolute atomic E-state index is 9.71. The fourth-order valence-corrected chi connectivity index (χ4v) is 3.05. The highest BCUT2D eigenvalue weighted by atomic mass is 79.9. The number of benzene rings is 1. The third-order valence-corrected chi connectivity index (χ3v) is 4.28. The van der Waals surface area contributed by atoms with Crippen molar-refractivity contribution < 1.29 is 9.84 Å². The van der Waals surface area contributed by atoms with Gasteiger partial charge in [0.1, 0.15) is 12.4 Å². The van der Waals surface area contributed by atoms with Crippen LogP contribution < -0.4 is 4.74 Å². The van der Waals surface area contributed by atoms with Gasteiger partial charge in [0.2, 0.25) is 0 Å². The average molecular weight is 327 g/mol. The summed E-state index contributed by atoms with van der Waals surface area (Å²) in [6, 6.07) is 7.91. The van der Waals surface area contributed by atoms with E-state index in [1.807, 2.05) is 36.6 Å². The summed E-state index contributed by atoms with van der Waals surface area (Å²) in [5, 5.41) is 11.7. The Balaban J connectivity index is 2.15. The Kier molecular flexibility index (Phi) is 4.43. The van der Waals surface area contributed by atoms with Gasteiger partial charge in [0.15, 0.2) is 0 Å². The van der Waals surface area contributed by atoms with Gasteiger partial charge in [-0.1, -0.05) is 12.1 Å². The van der Waals surface area contributed by atoms with Gasteiger partial charge in [-0.15, -0.1) is 11.3 Å². The summed E-state index contributed by atoms with van der Waals surface area (Å²) < 4.78 is 6.88. The first-order valence-corrected chi connectivity index (χ1v) is 7.38. The van der Waals surface area contributed by atoms with Crippen LogP contribution in [0.1, 0.15) is 29.0 Å². The van der Waals surface area contributed by atoms with Crippen molar-refractivity contribution in [2.24, 2.45) is 0 Å². The molecule has 0 fully saturated rings. The molecule has 0 saturated carbocycles. The molecule has 0 bridgehead atoms. The molecule has 1 N–H and O–H groups in total. The van der Waals surface area contributed by atoms with Crippen molar-refractivity contribution in [2.45, 2.75) is 26.6 Å². The molecule has 0 radical (unpaired) electrons. The lowest BCUT2D eigenvalue weighted by Gasteiger charge is -2.13. The number of hydrogen-bond donors (Lipinski definition) is 1. The van der Waals surface area contributed by atoms with E-state index in [1.165, 1.54) is 0 Å². The number of thiophene rings is 1. The predicted molar refractivity (Wildman–Crippen MR) is 78.2 cm³/mol. The molecule has 0 aliphatic carbocycles. The SMILES string of the molecule is Cc1ccc([C@H](C)O)c(OCc2cc(Br)cs2)c1. The van der Waals surface area contributed by atoms with Gasteiger partial charge in [-0.2, -0.15) is 0 Å². The molecule has 1 atom stereocenters. The first-order chi connectivity index (χ1) is 8.56. The van der Waals surface area contributed by atoms with Gasteiger partial charge >= 0.3 is 0 Å². The maximum atomic E-state index is 9.71. The first-order valence-electron chi connectivity index (χ1n) is 5.70. The topological polar surface area (TPSA) is 29.5 Å². The number of aryl methyl sites for hydroxylation is 1. The number of aliphatic hydroxyl groups is 1. The highest BCUT2D eigenvalue weighted by Gasteiger charge is 2.10. The zero-order valence-corrected chi connectivity index (χ0v) is 12.7. The van der Waals surface area contributed by atoms with Gasteiger partial charge < -0.3 is 9.84 Å². The molecule has 1 aromatic heterocycles. The fraction of sp³-hybridized carbons (Fsp3) is 0.286. The smallest absolute Gasteiger partial charge is 0.125 e. The summed E-state index contributed by atoms with van der Waals surface area (Å²) in [7, 11) is 0. The third-order valence-electron chi connectivity index (χ3n) is 2.61. The van der Waals surface area contributed by atoms with Crippen LogP contribution >= 0.6 is 27.3 Å². The predicted octanol–water partition coefficient (Wildman–Crippen LogP) is 4.45. The van der Waals surface area contributed by atoms with Gasteiger partial charge in [0.05, 0.1) is 6.10 Å². The van der Waals surface area contributed by atoms with Crippen LogP contribution in [0.15, 0.2) is 34.1 Å². The van der Waals surface area contributed by atoms with Crippen LogP contribution in [0.2, 0.25) is 0 Å². The molecular formula is C14H15BrO2S. The van der Waals surface area contributed by atoms with E-state index in [0.717, 1.165) is 26.2 Å². The highest BCUT2D eigenvalue weighted by molar-refractivity contribution is 9.10. The minimum absolute atomic E-state index is 0.518. The summed E-state index contributed by atoms with van der Waals surface area (Å²) >= 11 is 5.08. The Morgan fingerprint density at radius 2 is 2.17 bits per heavy atom. The van der Waals surface area contributed by atoms with Crippen LogP contribution in [0.3, 0.4) is 0 Å². The van der Waals surface area contributed by atoms with Crippen LogP contribution in [-0.4, -0.2) is 5.11 Å². The van der Waals surface area contributed by atoms with Crippen molar-refractivity contribution >= 4 is 27.3 Å². The minimum Gasteiger partial charge on any atom is -0.488 e. The van der Waals surface area contributed by atoms with E-state index < -0.39 is 6.10 Å². The van der Waals surface area contributed by atoms with Crippen LogP contribution in [0, 0.1) is 6.92 Å². The van der Waals surface area contributed by atoms with E-state index in [0.29, 0.717) is 6.61 Å². The van der Waals surface area contributed by atoms with E-state index in [4.69, 9.17) is 4.74 Å². The van der Waals surface area contributed by atoms with Crippen molar-refractivity contribution in [3.05, 3.63) is 50.1 Å². The van der Waals surface area contributed by atoms with Gasteiger partial charge in [-0.05, 0) is 47.5 Å². The molecule has 0 spiro atoms. The lowest BCUT2D eigenvalue weighted by atomic mass is 10.1. The average Bonchev–Trinajstić information content (AvgIpc) is 2.72. The van der Waals surface area contributed by atoms with Crippen LogP contribution in [0.4, 0.5) is 0 Å². The van der Waals surface area contributed by atoms with Crippen molar-refractivity contribution in [3.8, 4) is 5.75 Å². The van der Waals surface area contributed by atoms with Crippen molar-refractivity contribution in [3.63, 3.8) is 0 Å². The summed E-state index contributed by atoms with van der Waals surface area (Å²) in [4.78, 5) is 1.15. The summed E-state index contributed by atoms with van der Waals surface area (Å²) in [6.07, 6.45) is -0.518. The Morgan fingerprint density at radius 3 is 2.78 bits per heavy atom. The number of hydrogen-bond acceptors (Lipinski definition) is 3. The van der Waals surface area contributed by atoms with E-state index in [9.17, 15) is 5.11 Å². The first kappa shape index (κ1) is 13.6. The molecule has 1 heterocycles. The van der Waals surface area contributed by atoms with Crippen molar-refractivity contribution in [2.75, 3.05) is 0 Å². The molecule has 0 amide bonds.